The Kier molecular flexibility index (Phi) is 4.40. The van der Waals surface area contributed by atoms with Crippen LogP contribution in [0, 0.1) is 13.8 Å². The number of rotatable bonds is 4. The van der Waals surface area contributed by atoms with Crippen molar-refractivity contribution >= 4 is 40.9 Å². The average Bonchev–Trinajstić information content (AvgIpc) is 3.00. The molecule has 4 N–H and O–H groups in total. The van der Waals surface area contributed by atoms with Crippen LogP contribution in [0.1, 0.15) is 42.1 Å². The van der Waals surface area contributed by atoms with Gasteiger partial charge in [-0.1, -0.05) is 0 Å². The summed E-state index contributed by atoms with van der Waals surface area (Å²) < 4.78 is -0.641. The van der Waals surface area contributed by atoms with Crippen LogP contribution in [-0.2, 0) is 14.4 Å². The summed E-state index contributed by atoms with van der Waals surface area (Å²) >= 11 is 2.96. The SMILES string of the molecule is Cc1cc(C(N)C(=O)NC2(C)C(=O)N3[C@@H](C(=O)O)C(C)(C)S[C@@H]32)c(C)s1. The van der Waals surface area contributed by atoms with Gasteiger partial charge in [-0.15, -0.1) is 23.1 Å². The molecule has 2 amide bonds. The molecule has 3 heterocycles. The molecule has 2 fully saturated rings. The number of carboxylic acid groups (broad SMARTS) is 1. The molecular formula is C17H23N3O4S2. The Bertz CT molecular complexity index is 806. The first-order valence-electron chi connectivity index (χ1n) is 8.28. The number of hydrogen-bond donors (Lipinski definition) is 3. The highest BCUT2D eigenvalue weighted by atomic mass is 32.2. The fourth-order valence-electron chi connectivity index (χ4n) is 3.77. The number of carboxylic acids is 1. The molecule has 1 aromatic heterocycles. The van der Waals surface area contributed by atoms with E-state index < -0.39 is 39.6 Å². The van der Waals surface area contributed by atoms with Crippen LogP contribution in [0.4, 0.5) is 0 Å². The van der Waals surface area contributed by atoms with Gasteiger partial charge in [0, 0.05) is 14.5 Å². The molecule has 2 unspecified atom stereocenters. The van der Waals surface area contributed by atoms with Crippen molar-refractivity contribution in [3.8, 4) is 0 Å². The number of β-lactam (4-membered cyclic amide) rings is 1. The zero-order valence-corrected chi connectivity index (χ0v) is 17.0. The van der Waals surface area contributed by atoms with Gasteiger partial charge >= 0.3 is 5.97 Å². The second-order valence-corrected chi connectivity index (χ2v) is 10.8. The molecule has 142 valence electrons. The van der Waals surface area contributed by atoms with Gasteiger partial charge in [0.2, 0.25) is 5.91 Å². The van der Waals surface area contributed by atoms with Gasteiger partial charge in [-0.25, -0.2) is 4.79 Å². The van der Waals surface area contributed by atoms with Crippen molar-refractivity contribution in [1.29, 1.82) is 0 Å². The van der Waals surface area contributed by atoms with Gasteiger partial charge in [-0.2, -0.15) is 0 Å². The lowest BCUT2D eigenvalue weighted by atomic mass is 9.85. The van der Waals surface area contributed by atoms with Crippen molar-refractivity contribution in [2.75, 3.05) is 0 Å². The highest BCUT2D eigenvalue weighted by Crippen LogP contribution is 2.54. The number of carbonyl (C=O) groups excluding carboxylic acids is 2. The predicted molar refractivity (Wildman–Crippen MR) is 101 cm³/mol. The van der Waals surface area contributed by atoms with Crippen LogP contribution < -0.4 is 11.1 Å². The van der Waals surface area contributed by atoms with E-state index >= 15 is 0 Å². The van der Waals surface area contributed by atoms with Crippen molar-refractivity contribution in [1.82, 2.24) is 10.2 Å². The first kappa shape index (κ1) is 19.2. The maximum absolute atomic E-state index is 12.7. The minimum absolute atomic E-state index is 0.383. The molecule has 0 aliphatic carbocycles. The summed E-state index contributed by atoms with van der Waals surface area (Å²) in [4.78, 5) is 40.4. The topological polar surface area (TPSA) is 113 Å². The normalized spacial score (nSPS) is 30.5. The average molecular weight is 398 g/mol. The van der Waals surface area contributed by atoms with E-state index in [1.54, 1.807) is 32.1 Å². The lowest BCUT2D eigenvalue weighted by Crippen LogP contribution is -2.78. The van der Waals surface area contributed by atoms with Crippen molar-refractivity contribution in [2.45, 2.75) is 62.4 Å². The lowest BCUT2D eigenvalue weighted by Gasteiger charge is -2.51. The number of thioether (sulfide) groups is 1. The minimum Gasteiger partial charge on any atom is -0.480 e. The predicted octanol–water partition coefficient (Wildman–Crippen LogP) is 1.39. The second kappa shape index (κ2) is 5.97. The third kappa shape index (κ3) is 2.64. The van der Waals surface area contributed by atoms with Crippen molar-refractivity contribution < 1.29 is 19.5 Å². The van der Waals surface area contributed by atoms with Gasteiger partial charge in [0.25, 0.3) is 5.91 Å². The van der Waals surface area contributed by atoms with E-state index in [0.717, 1.165) is 15.3 Å². The molecule has 2 aliphatic rings. The van der Waals surface area contributed by atoms with Gasteiger partial charge in [0.15, 0.2) is 0 Å². The smallest absolute Gasteiger partial charge is 0.327 e. The van der Waals surface area contributed by atoms with E-state index in [-0.39, 0.29) is 5.91 Å². The van der Waals surface area contributed by atoms with E-state index in [1.807, 2.05) is 19.9 Å². The molecule has 26 heavy (non-hydrogen) atoms. The fourth-order valence-corrected chi connectivity index (χ4v) is 6.39. The Morgan fingerprint density at radius 1 is 1.35 bits per heavy atom. The minimum atomic E-state index is -1.15. The molecule has 0 saturated carbocycles. The quantitative estimate of drug-likeness (QED) is 0.662. The summed E-state index contributed by atoms with van der Waals surface area (Å²) in [6.45, 7) is 9.09. The van der Waals surface area contributed by atoms with Gasteiger partial charge in [-0.3, -0.25) is 9.59 Å². The molecule has 9 heteroatoms. The van der Waals surface area contributed by atoms with Crippen molar-refractivity contribution in [2.24, 2.45) is 5.73 Å². The molecule has 0 radical (unpaired) electrons. The number of nitrogens with zero attached hydrogens (tertiary/aromatic N) is 1. The molecule has 4 atom stereocenters. The molecular weight excluding hydrogens is 374 g/mol. The summed E-state index contributed by atoms with van der Waals surface area (Å²) in [7, 11) is 0. The number of nitrogens with two attached hydrogens (primary N) is 1. The number of amides is 2. The lowest BCUT2D eigenvalue weighted by molar-refractivity contribution is -0.168. The van der Waals surface area contributed by atoms with Crippen LogP contribution in [0.5, 0.6) is 0 Å². The molecule has 0 aromatic carbocycles. The van der Waals surface area contributed by atoms with Gasteiger partial charge < -0.3 is 21.1 Å². The molecule has 1 aromatic rings. The van der Waals surface area contributed by atoms with Crippen LogP contribution in [0.2, 0.25) is 0 Å². The van der Waals surface area contributed by atoms with Crippen LogP contribution in [0.3, 0.4) is 0 Å². The first-order valence-corrected chi connectivity index (χ1v) is 9.97. The summed E-state index contributed by atoms with van der Waals surface area (Å²) in [5.74, 6) is -1.85. The van der Waals surface area contributed by atoms with Crippen LogP contribution >= 0.6 is 23.1 Å². The highest BCUT2D eigenvalue weighted by molar-refractivity contribution is 8.01. The van der Waals surface area contributed by atoms with Crippen molar-refractivity contribution in [3.05, 3.63) is 21.4 Å². The maximum Gasteiger partial charge on any atom is 0.327 e. The highest BCUT2D eigenvalue weighted by Gasteiger charge is 2.70. The van der Waals surface area contributed by atoms with Crippen LogP contribution in [0.25, 0.3) is 0 Å². The molecule has 2 aliphatic heterocycles. The van der Waals surface area contributed by atoms with E-state index in [4.69, 9.17) is 5.73 Å². The van der Waals surface area contributed by atoms with Gasteiger partial charge in [0.05, 0.1) is 0 Å². The Hall–Kier alpha value is -1.58. The summed E-state index contributed by atoms with van der Waals surface area (Å²) in [6.07, 6.45) is 0. The third-order valence-corrected chi connectivity index (χ3v) is 7.83. The number of carbonyl (C=O) groups is 3. The van der Waals surface area contributed by atoms with Crippen LogP contribution in [0.15, 0.2) is 6.07 Å². The number of aryl methyl sites for hydroxylation is 2. The molecule has 2 saturated heterocycles. The monoisotopic (exact) mass is 397 g/mol. The van der Waals surface area contributed by atoms with Crippen molar-refractivity contribution in [3.63, 3.8) is 0 Å². The molecule has 7 nitrogen and oxygen atoms in total. The van der Waals surface area contributed by atoms with E-state index in [2.05, 4.69) is 5.32 Å². The first-order chi connectivity index (χ1) is 11.9. The Morgan fingerprint density at radius 3 is 2.46 bits per heavy atom. The Labute approximate surface area is 160 Å². The Morgan fingerprint density at radius 2 is 1.96 bits per heavy atom. The summed E-state index contributed by atoms with van der Waals surface area (Å²) in [5.41, 5.74) is 5.72. The standard InChI is InChI=1S/C17H23N3O4S2/c1-7-6-9(8(2)25-7)10(18)12(21)19-17(5)14(24)20-11(13(22)23)16(3,4)26-15(17)20/h6,10-11,15H,18H2,1-5H3,(H,19,21)(H,22,23)/t10?,11-,15+,17?/m0/s1. The zero-order valence-electron chi connectivity index (χ0n) is 15.3. The molecule has 0 spiro atoms. The van der Waals surface area contributed by atoms with E-state index in [9.17, 15) is 19.5 Å². The largest absolute Gasteiger partial charge is 0.480 e. The number of thiophene rings is 1. The fraction of sp³-hybridized carbons (Fsp3) is 0.588. The third-order valence-electron chi connectivity index (χ3n) is 5.09. The van der Waals surface area contributed by atoms with Crippen LogP contribution in [-0.4, -0.2) is 49.5 Å². The van der Waals surface area contributed by atoms with Gasteiger partial charge in [0.1, 0.15) is 23.0 Å². The zero-order chi connectivity index (χ0) is 19.6. The summed E-state index contributed by atoms with van der Waals surface area (Å²) in [6, 6.07) is 0.105. The number of fused-ring (bicyclic) bond motifs is 1. The number of hydrogen-bond acceptors (Lipinski definition) is 6. The van der Waals surface area contributed by atoms with E-state index in [0.29, 0.717) is 0 Å². The van der Waals surface area contributed by atoms with Gasteiger partial charge in [-0.05, 0) is 46.2 Å². The summed E-state index contributed by atoms with van der Waals surface area (Å²) in [5, 5.41) is 11.9. The van der Waals surface area contributed by atoms with E-state index in [1.165, 1.54) is 16.7 Å². The maximum atomic E-state index is 12.7. The molecule has 0 bridgehead atoms. The number of nitrogens with one attached hydrogen (secondary N) is 1. The second-order valence-electron chi connectivity index (χ2n) is 7.56. The Balaban J connectivity index is 1.80. The number of aliphatic carboxylic acids is 1. The molecule has 3 rings (SSSR count).